The lowest BCUT2D eigenvalue weighted by Crippen LogP contribution is -2.41. The van der Waals surface area contributed by atoms with Crippen LogP contribution in [0.25, 0.3) is 11.1 Å². The standard InChI is InChI=1S/C23H23F3N2O3S/c1-4-31-20-15-27-13-12-18(20)16-8-7-9-17(14-16)22(2,3)28-32(29,30)21-11-6-5-10-19(21)23(24,25)26/h5-15,28H,4H2,1-3H3. The number of nitrogens with one attached hydrogen (secondary N) is 1. The van der Waals surface area contributed by atoms with Gasteiger partial charge < -0.3 is 4.74 Å². The van der Waals surface area contributed by atoms with E-state index in [-0.39, 0.29) is 0 Å². The van der Waals surface area contributed by atoms with Gasteiger partial charge >= 0.3 is 6.18 Å². The predicted molar refractivity (Wildman–Crippen MR) is 116 cm³/mol. The molecule has 3 aromatic rings. The normalized spacial score (nSPS) is 12.6. The van der Waals surface area contributed by atoms with E-state index in [2.05, 4.69) is 9.71 Å². The van der Waals surface area contributed by atoms with Crippen molar-refractivity contribution in [2.45, 2.75) is 37.4 Å². The lowest BCUT2D eigenvalue weighted by molar-refractivity contribution is -0.139. The summed E-state index contributed by atoms with van der Waals surface area (Å²) in [6.07, 6.45) is -1.59. The monoisotopic (exact) mass is 464 g/mol. The maximum Gasteiger partial charge on any atom is 0.417 e. The van der Waals surface area contributed by atoms with E-state index in [0.717, 1.165) is 29.3 Å². The highest BCUT2D eigenvalue weighted by Gasteiger charge is 2.38. The van der Waals surface area contributed by atoms with Crippen LogP contribution in [0.15, 0.2) is 71.9 Å². The zero-order valence-electron chi connectivity index (χ0n) is 17.8. The van der Waals surface area contributed by atoms with Crippen LogP contribution in [0.4, 0.5) is 13.2 Å². The van der Waals surface area contributed by atoms with Crippen molar-refractivity contribution in [2.24, 2.45) is 0 Å². The van der Waals surface area contributed by atoms with Crippen LogP contribution in [0.5, 0.6) is 5.75 Å². The van der Waals surface area contributed by atoms with Crippen molar-refractivity contribution in [1.29, 1.82) is 0 Å². The molecule has 2 aromatic carbocycles. The van der Waals surface area contributed by atoms with Gasteiger partial charge in [0, 0.05) is 11.8 Å². The van der Waals surface area contributed by atoms with Crippen LogP contribution in [0.3, 0.4) is 0 Å². The lowest BCUT2D eigenvalue weighted by atomic mass is 9.92. The molecule has 3 rings (SSSR count). The molecule has 0 atom stereocenters. The van der Waals surface area contributed by atoms with Crippen LogP contribution in [-0.4, -0.2) is 20.0 Å². The molecule has 0 spiro atoms. The first kappa shape index (κ1) is 23.7. The second-order valence-electron chi connectivity index (χ2n) is 7.61. The third kappa shape index (κ3) is 5.11. The second-order valence-corrected chi connectivity index (χ2v) is 9.26. The van der Waals surface area contributed by atoms with Crippen molar-refractivity contribution in [1.82, 2.24) is 9.71 Å². The number of benzene rings is 2. The molecule has 0 radical (unpaired) electrons. The summed E-state index contributed by atoms with van der Waals surface area (Å²) in [5.74, 6) is 0.574. The number of nitrogens with zero attached hydrogens (tertiary/aromatic N) is 1. The third-order valence-corrected chi connectivity index (χ3v) is 6.57. The van der Waals surface area contributed by atoms with Crippen molar-refractivity contribution >= 4 is 10.0 Å². The van der Waals surface area contributed by atoms with Crippen LogP contribution in [0, 0.1) is 0 Å². The van der Waals surface area contributed by atoms with Crippen molar-refractivity contribution < 1.29 is 26.3 Å². The SMILES string of the molecule is CCOc1cnccc1-c1cccc(C(C)(C)NS(=O)(=O)c2ccccc2C(F)(F)F)c1. The molecule has 1 aromatic heterocycles. The smallest absolute Gasteiger partial charge is 0.417 e. The van der Waals surface area contributed by atoms with Crippen molar-refractivity contribution in [3.05, 3.63) is 78.1 Å². The molecule has 0 aliphatic rings. The molecule has 5 nitrogen and oxygen atoms in total. The Hall–Kier alpha value is -2.91. The van der Waals surface area contributed by atoms with Gasteiger partial charge in [-0.25, -0.2) is 13.1 Å². The first-order valence-corrected chi connectivity index (χ1v) is 11.3. The van der Waals surface area contributed by atoms with E-state index < -0.39 is 32.2 Å². The van der Waals surface area contributed by atoms with Crippen LogP contribution in [0.2, 0.25) is 0 Å². The van der Waals surface area contributed by atoms with Crippen LogP contribution in [0.1, 0.15) is 31.9 Å². The molecular weight excluding hydrogens is 441 g/mol. The zero-order chi connectivity index (χ0) is 23.6. The summed E-state index contributed by atoms with van der Waals surface area (Å²) >= 11 is 0. The Morgan fingerprint density at radius 2 is 1.75 bits per heavy atom. The summed E-state index contributed by atoms with van der Waals surface area (Å²) in [6.45, 7) is 5.48. The molecule has 9 heteroatoms. The molecule has 0 unspecified atom stereocenters. The molecule has 0 saturated heterocycles. The van der Waals surface area contributed by atoms with E-state index in [9.17, 15) is 21.6 Å². The lowest BCUT2D eigenvalue weighted by Gasteiger charge is -2.28. The highest BCUT2D eigenvalue weighted by Crippen LogP contribution is 2.36. The molecule has 170 valence electrons. The Morgan fingerprint density at radius 3 is 2.44 bits per heavy atom. The summed E-state index contributed by atoms with van der Waals surface area (Å²) in [7, 11) is -4.48. The Bertz CT molecular complexity index is 1210. The number of halogens is 3. The van der Waals surface area contributed by atoms with Gasteiger partial charge in [0.25, 0.3) is 0 Å². The maximum atomic E-state index is 13.4. The number of rotatable bonds is 7. The molecule has 0 aliphatic carbocycles. The van der Waals surface area contributed by atoms with E-state index in [1.807, 2.05) is 13.0 Å². The summed E-state index contributed by atoms with van der Waals surface area (Å²) < 4.78 is 74.0. The van der Waals surface area contributed by atoms with Gasteiger partial charge in [0.1, 0.15) is 5.75 Å². The summed E-state index contributed by atoms with van der Waals surface area (Å²) in [4.78, 5) is 3.25. The van der Waals surface area contributed by atoms with E-state index >= 15 is 0 Å². The number of aromatic nitrogens is 1. The van der Waals surface area contributed by atoms with Gasteiger partial charge in [-0.2, -0.15) is 13.2 Å². The maximum absolute atomic E-state index is 13.4. The van der Waals surface area contributed by atoms with E-state index in [1.54, 1.807) is 50.5 Å². The van der Waals surface area contributed by atoms with Crippen molar-refractivity contribution in [3.63, 3.8) is 0 Å². The number of alkyl halides is 3. The molecule has 0 saturated carbocycles. The van der Waals surface area contributed by atoms with E-state index in [1.165, 1.54) is 6.07 Å². The van der Waals surface area contributed by atoms with Gasteiger partial charge in [-0.05, 0) is 56.2 Å². The first-order chi connectivity index (χ1) is 15.0. The highest BCUT2D eigenvalue weighted by molar-refractivity contribution is 7.89. The average molecular weight is 465 g/mol. The number of ether oxygens (including phenoxy) is 1. The highest BCUT2D eigenvalue weighted by atomic mass is 32.2. The largest absolute Gasteiger partial charge is 0.492 e. The molecule has 32 heavy (non-hydrogen) atoms. The van der Waals surface area contributed by atoms with Crippen LogP contribution >= 0.6 is 0 Å². The van der Waals surface area contributed by atoms with Crippen LogP contribution in [-0.2, 0) is 21.7 Å². The summed E-state index contributed by atoms with van der Waals surface area (Å²) in [5.41, 5.74) is -0.314. The van der Waals surface area contributed by atoms with Crippen LogP contribution < -0.4 is 9.46 Å². The van der Waals surface area contributed by atoms with E-state index in [4.69, 9.17) is 4.74 Å². The second kappa shape index (κ2) is 8.91. The average Bonchev–Trinajstić information content (AvgIpc) is 2.73. The van der Waals surface area contributed by atoms with Crippen molar-refractivity contribution in [2.75, 3.05) is 6.61 Å². The molecule has 0 fully saturated rings. The minimum absolute atomic E-state index is 0.447. The molecule has 0 bridgehead atoms. The number of sulfonamides is 1. The quantitative estimate of drug-likeness (QED) is 0.510. The Morgan fingerprint density at radius 1 is 1.03 bits per heavy atom. The fraction of sp³-hybridized carbons (Fsp3) is 0.261. The van der Waals surface area contributed by atoms with Gasteiger partial charge in [-0.1, -0.05) is 30.3 Å². The fourth-order valence-corrected chi connectivity index (χ4v) is 4.98. The molecular formula is C23H23F3N2O3S. The van der Waals surface area contributed by atoms with Gasteiger partial charge in [0.2, 0.25) is 10.0 Å². The van der Waals surface area contributed by atoms with Gasteiger partial charge in [-0.15, -0.1) is 0 Å². The summed E-state index contributed by atoms with van der Waals surface area (Å²) in [6, 6.07) is 13.0. The number of hydrogen-bond acceptors (Lipinski definition) is 4. The summed E-state index contributed by atoms with van der Waals surface area (Å²) in [5, 5.41) is 0. The minimum atomic E-state index is -4.80. The molecule has 1 N–H and O–H groups in total. The topological polar surface area (TPSA) is 68.3 Å². The number of hydrogen-bond donors (Lipinski definition) is 1. The first-order valence-electron chi connectivity index (χ1n) is 9.83. The zero-order valence-corrected chi connectivity index (χ0v) is 18.6. The minimum Gasteiger partial charge on any atom is -0.492 e. The number of pyridine rings is 1. The predicted octanol–water partition coefficient (Wildman–Crippen LogP) is 5.38. The molecule has 0 amide bonds. The Labute approximate surface area is 185 Å². The van der Waals surface area contributed by atoms with Gasteiger partial charge in [-0.3, -0.25) is 4.98 Å². The Balaban J connectivity index is 1.99. The van der Waals surface area contributed by atoms with Crippen molar-refractivity contribution in [3.8, 4) is 16.9 Å². The van der Waals surface area contributed by atoms with E-state index in [0.29, 0.717) is 17.9 Å². The van der Waals surface area contributed by atoms with Gasteiger partial charge in [0.05, 0.1) is 28.8 Å². The molecule has 0 aliphatic heterocycles. The third-order valence-electron chi connectivity index (χ3n) is 4.85. The fourth-order valence-electron chi connectivity index (χ4n) is 3.35. The Kier molecular flexibility index (Phi) is 6.61. The molecule has 1 heterocycles. The van der Waals surface area contributed by atoms with Gasteiger partial charge in [0.15, 0.2) is 0 Å².